The standard InChI is InChI=1S/C21H15ClFN3O3/c1-13-16(21(22)26(25-13)15-8-6-14(23)7-9-15)10-11-20(27)28-12-19-24-17-4-2-3-5-18(17)29-19/h2-11H,12H2,1H3/b11-10+. The van der Waals surface area contributed by atoms with Crippen LogP contribution in [0.5, 0.6) is 0 Å². The molecule has 0 bridgehead atoms. The molecule has 0 unspecified atom stereocenters. The summed E-state index contributed by atoms with van der Waals surface area (Å²) in [4.78, 5) is 16.3. The molecule has 0 aliphatic carbocycles. The van der Waals surface area contributed by atoms with Crippen LogP contribution in [0.4, 0.5) is 4.39 Å². The molecule has 6 nitrogen and oxygen atoms in total. The van der Waals surface area contributed by atoms with Crippen LogP contribution in [0.15, 0.2) is 59.0 Å². The summed E-state index contributed by atoms with van der Waals surface area (Å²) in [6.07, 6.45) is 2.78. The second kappa shape index (κ2) is 7.89. The summed E-state index contributed by atoms with van der Waals surface area (Å²) in [7, 11) is 0. The topological polar surface area (TPSA) is 70.2 Å². The molecule has 146 valence electrons. The molecule has 2 heterocycles. The van der Waals surface area contributed by atoms with Gasteiger partial charge in [-0.05, 0) is 49.4 Å². The van der Waals surface area contributed by atoms with Gasteiger partial charge in [0.1, 0.15) is 16.5 Å². The summed E-state index contributed by atoms with van der Waals surface area (Å²) in [5, 5.41) is 4.64. The first-order chi connectivity index (χ1) is 14.0. The van der Waals surface area contributed by atoms with Crippen molar-refractivity contribution in [3.8, 4) is 5.69 Å². The van der Waals surface area contributed by atoms with Gasteiger partial charge in [0.15, 0.2) is 12.2 Å². The van der Waals surface area contributed by atoms with E-state index in [0.717, 1.165) is 0 Å². The lowest BCUT2D eigenvalue weighted by Crippen LogP contribution is -2.00. The molecule has 0 N–H and O–H groups in total. The first kappa shape index (κ1) is 18.9. The maximum Gasteiger partial charge on any atom is 0.331 e. The van der Waals surface area contributed by atoms with Crippen LogP contribution >= 0.6 is 11.6 Å². The highest BCUT2D eigenvalue weighted by atomic mass is 35.5. The highest BCUT2D eigenvalue weighted by Crippen LogP contribution is 2.25. The van der Waals surface area contributed by atoms with E-state index >= 15 is 0 Å². The molecule has 0 aliphatic rings. The zero-order valence-electron chi connectivity index (χ0n) is 15.3. The Bertz CT molecular complexity index is 1180. The van der Waals surface area contributed by atoms with Crippen LogP contribution in [0.1, 0.15) is 17.1 Å². The number of hydrogen-bond donors (Lipinski definition) is 0. The highest BCUT2D eigenvalue weighted by Gasteiger charge is 2.13. The van der Waals surface area contributed by atoms with Gasteiger partial charge in [0.25, 0.3) is 0 Å². The number of aromatic nitrogens is 3. The van der Waals surface area contributed by atoms with Crippen molar-refractivity contribution in [1.82, 2.24) is 14.8 Å². The SMILES string of the molecule is Cc1nn(-c2ccc(F)cc2)c(Cl)c1/C=C/C(=O)OCc1nc2ccccc2o1. The summed E-state index contributed by atoms with van der Waals surface area (Å²) in [5.74, 6) is -0.612. The van der Waals surface area contributed by atoms with Crippen molar-refractivity contribution in [1.29, 1.82) is 0 Å². The molecule has 0 amide bonds. The monoisotopic (exact) mass is 411 g/mol. The van der Waals surface area contributed by atoms with Gasteiger partial charge in [0.05, 0.1) is 11.4 Å². The largest absolute Gasteiger partial charge is 0.453 e. The number of para-hydroxylation sites is 2. The minimum atomic E-state index is -0.572. The second-order valence-electron chi connectivity index (χ2n) is 6.19. The number of esters is 1. The number of rotatable bonds is 5. The van der Waals surface area contributed by atoms with Crippen LogP contribution in [-0.2, 0) is 16.1 Å². The summed E-state index contributed by atoms with van der Waals surface area (Å²) < 4.78 is 25.3. The number of oxazole rings is 1. The van der Waals surface area contributed by atoms with Crippen LogP contribution in [0.25, 0.3) is 22.9 Å². The van der Waals surface area contributed by atoms with E-state index in [2.05, 4.69) is 10.1 Å². The van der Waals surface area contributed by atoms with Gasteiger partial charge >= 0.3 is 5.97 Å². The summed E-state index contributed by atoms with van der Waals surface area (Å²) in [5.41, 5.74) is 3.12. The third kappa shape index (κ3) is 4.05. The van der Waals surface area contributed by atoms with Gasteiger partial charge < -0.3 is 9.15 Å². The molecule has 4 rings (SSSR count). The number of fused-ring (bicyclic) bond motifs is 1. The van der Waals surface area contributed by atoms with Crippen molar-refractivity contribution in [2.24, 2.45) is 0 Å². The van der Waals surface area contributed by atoms with Gasteiger partial charge in [0, 0.05) is 11.6 Å². The van der Waals surface area contributed by atoms with Gasteiger partial charge in [-0.2, -0.15) is 5.10 Å². The Morgan fingerprint density at radius 2 is 2.00 bits per heavy atom. The zero-order valence-corrected chi connectivity index (χ0v) is 16.1. The summed E-state index contributed by atoms with van der Waals surface area (Å²) >= 11 is 6.38. The molecule has 29 heavy (non-hydrogen) atoms. The third-order valence-corrected chi connectivity index (χ3v) is 4.55. The number of carbonyl (C=O) groups excluding carboxylic acids is 1. The first-order valence-electron chi connectivity index (χ1n) is 8.71. The highest BCUT2D eigenvalue weighted by molar-refractivity contribution is 6.31. The molecule has 0 aliphatic heterocycles. The van der Waals surface area contributed by atoms with Crippen molar-refractivity contribution >= 4 is 34.7 Å². The Morgan fingerprint density at radius 3 is 2.76 bits per heavy atom. The average Bonchev–Trinajstić information content (AvgIpc) is 3.26. The Kier molecular flexibility index (Phi) is 5.14. The van der Waals surface area contributed by atoms with Gasteiger partial charge in [-0.25, -0.2) is 18.9 Å². The lowest BCUT2D eigenvalue weighted by atomic mass is 10.2. The number of ether oxygens (including phenoxy) is 1. The van der Waals surface area contributed by atoms with Gasteiger partial charge in [-0.3, -0.25) is 0 Å². The van der Waals surface area contributed by atoms with Crippen LogP contribution in [0, 0.1) is 12.7 Å². The van der Waals surface area contributed by atoms with E-state index in [1.54, 1.807) is 25.1 Å². The van der Waals surface area contributed by atoms with Crippen molar-refractivity contribution in [2.75, 3.05) is 0 Å². The van der Waals surface area contributed by atoms with E-state index in [1.807, 2.05) is 18.2 Å². The molecule has 0 saturated heterocycles. The van der Waals surface area contributed by atoms with Crippen LogP contribution in [0.2, 0.25) is 5.15 Å². The molecular formula is C21H15ClFN3O3. The molecule has 0 atom stereocenters. The van der Waals surface area contributed by atoms with E-state index < -0.39 is 5.97 Å². The molecule has 2 aromatic carbocycles. The lowest BCUT2D eigenvalue weighted by molar-refractivity contribution is -0.139. The Labute approximate surface area is 170 Å². The van der Waals surface area contributed by atoms with Crippen LogP contribution in [-0.4, -0.2) is 20.7 Å². The maximum absolute atomic E-state index is 13.1. The van der Waals surface area contributed by atoms with Gasteiger partial charge in [-0.1, -0.05) is 23.7 Å². The maximum atomic E-state index is 13.1. The van der Waals surface area contributed by atoms with E-state index in [1.165, 1.54) is 29.0 Å². The molecule has 0 fully saturated rings. The fraction of sp³-hybridized carbons (Fsp3) is 0.0952. The zero-order chi connectivity index (χ0) is 20.4. The normalized spacial score (nSPS) is 11.4. The number of benzene rings is 2. The molecule has 8 heteroatoms. The van der Waals surface area contributed by atoms with Crippen molar-refractivity contribution in [3.05, 3.63) is 82.7 Å². The number of hydrogen-bond acceptors (Lipinski definition) is 5. The Morgan fingerprint density at radius 1 is 1.24 bits per heavy atom. The summed E-state index contributed by atoms with van der Waals surface area (Å²) in [6.45, 7) is 1.68. The smallest absolute Gasteiger partial charge is 0.331 e. The predicted octanol–water partition coefficient (Wildman–Crippen LogP) is 4.87. The molecule has 0 radical (unpaired) electrons. The lowest BCUT2D eigenvalue weighted by Gasteiger charge is -2.02. The Balaban J connectivity index is 1.45. The number of aryl methyl sites for hydroxylation is 1. The third-order valence-electron chi connectivity index (χ3n) is 4.18. The fourth-order valence-electron chi connectivity index (χ4n) is 2.77. The first-order valence-corrected chi connectivity index (χ1v) is 9.09. The van der Waals surface area contributed by atoms with Gasteiger partial charge in [0.2, 0.25) is 5.89 Å². The molecule has 2 aromatic heterocycles. The number of halogens is 2. The van der Waals surface area contributed by atoms with E-state index in [9.17, 15) is 9.18 Å². The van der Waals surface area contributed by atoms with Gasteiger partial charge in [-0.15, -0.1) is 0 Å². The van der Waals surface area contributed by atoms with Crippen molar-refractivity contribution < 1.29 is 18.3 Å². The minimum absolute atomic E-state index is 0.0839. The number of carbonyl (C=O) groups is 1. The van der Waals surface area contributed by atoms with Crippen molar-refractivity contribution in [2.45, 2.75) is 13.5 Å². The quantitative estimate of drug-likeness (QED) is 0.346. The van der Waals surface area contributed by atoms with Crippen LogP contribution < -0.4 is 0 Å². The molecule has 4 aromatic rings. The minimum Gasteiger partial charge on any atom is -0.453 e. The van der Waals surface area contributed by atoms with E-state index in [-0.39, 0.29) is 12.4 Å². The van der Waals surface area contributed by atoms with Crippen LogP contribution in [0.3, 0.4) is 0 Å². The molecular weight excluding hydrogens is 397 g/mol. The number of nitrogens with zero attached hydrogens (tertiary/aromatic N) is 3. The second-order valence-corrected chi connectivity index (χ2v) is 6.55. The summed E-state index contributed by atoms with van der Waals surface area (Å²) in [6, 6.07) is 13.1. The van der Waals surface area contributed by atoms with E-state index in [0.29, 0.717) is 39.1 Å². The average molecular weight is 412 g/mol. The van der Waals surface area contributed by atoms with Crippen molar-refractivity contribution in [3.63, 3.8) is 0 Å². The molecule has 0 saturated carbocycles. The molecule has 0 spiro atoms. The fourth-order valence-corrected chi connectivity index (χ4v) is 3.10. The predicted molar refractivity (Wildman–Crippen MR) is 106 cm³/mol. The van der Waals surface area contributed by atoms with E-state index in [4.69, 9.17) is 20.8 Å². The Hall–Kier alpha value is -3.45.